The Balaban J connectivity index is 1.77. The van der Waals surface area contributed by atoms with Crippen molar-refractivity contribution in [1.82, 2.24) is 5.32 Å². The minimum Gasteiger partial charge on any atom is -0.480 e. The quantitative estimate of drug-likeness (QED) is 0.712. The van der Waals surface area contributed by atoms with E-state index in [1.54, 1.807) is 0 Å². The molecule has 3 nitrogen and oxygen atoms in total. The minimum atomic E-state index is -0.457. The van der Waals surface area contributed by atoms with Crippen LogP contribution in [0.15, 0.2) is 48.5 Å². The third kappa shape index (κ3) is 5.57. The Labute approximate surface area is 149 Å². The highest BCUT2D eigenvalue weighted by atomic mass is 35.5. The molecule has 24 heavy (non-hydrogen) atoms. The molecule has 0 fully saturated rings. The molecule has 2 rings (SSSR count). The van der Waals surface area contributed by atoms with Gasteiger partial charge in [-0.3, -0.25) is 4.79 Å². The summed E-state index contributed by atoms with van der Waals surface area (Å²) >= 11 is 5.87. The lowest BCUT2D eigenvalue weighted by atomic mass is 10.1. The maximum Gasteiger partial charge on any atom is 0.261 e. The van der Waals surface area contributed by atoms with Crippen LogP contribution in [0.3, 0.4) is 0 Å². The predicted molar refractivity (Wildman–Crippen MR) is 98.7 cm³/mol. The number of halogens is 1. The van der Waals surface area contributed by atoms with Crippen molar-refractivity contribution in [2.24, 2.45) is 0 Å². The molecule has 0 heterocycles. The Bertz CT molecular complexity index is 655. The molecule has 0 aliphatic rings. The van der Waals surface area contributed by atoms with Crippen molar-refractivity contribution in [1.29, 1.82) is 0 Å². The van der Waals surface area contributed by atoms with Gasteiger partial charge >= 0.3 is 0 Å². The van der Waals surface area contributed by atoms with E-state index in [0.29, 0.717) is 13.0 Å². The number of para-hydroxylation sites is 1. The van der Waals surface area contributed by atoms with Crippen LogP contribution in [0, 0.1) is 6.92 Å². The highest BCUT2D eigenvalue weighted by Gasteiger charge is 2.18. The molecule has 2 aromatic rings. The molecule has 0 unspecified atom stereocenters. The van der Waals surface area contributed by atoms with Gasteiger partial charge in [-0.25, -0.2) is 0 Å². The number of amides is 1. The number of hydrogen-bond acceptors (Lipinski definition) is 2. The molecule has 1 amide bonds. The molecule has 0 aromatic heterocycles. The number of hydrogen-bond donors (Lipinski definition) is 1. The van der Waals surface area contributed by atoms with Gasteiger partial charge in [-0.05, 0) is 55.5 Å². The van der Waals surface area contributed by atoms with Gasteiger partial charge in [0.2, 0.25) is 0 Å². The van der Waals surface area contributed by atoms with Crippen LogP contribution >= 0.6 is 11.6 Å². The van der Waals surface area contributed by atoms with Crippen molar-refractivity contribution in [2.45, 2.75) is 39.2 Å². The molecule has 0 saturated heterocycles. The molecule has 2 aromatic carbocycles. The molecule has 0 aliphatic carbocycles. The van der Waals surface area contributed by atoms with Gasteiger partial charge in [0.25, 0.3) is 5.91 Å². The van der Waals surface area contributed by atoms with Crippen molar-refractivity contribution in [3.05, 3.63) is 64.7 Å². The van der Waals surface area contributed by atoms with Gasteiger partial charge in [-0.2, -0.15) is 0 Å². The highest BCUT2D eigenvalue weighted by Crippen LogP contribution is 2.18. The summed E-state index contributed by atoms with van der Waals surface area (Å²) in [5, 5.41) is 3.71. The Morgan fingerprint density at radius 1 is 1.17 bits per heavy atom. The second-order valence-electron chi connectivity index (χ2n) is 5.80. The molecular formula is C20H24ClNO2. The molecule has 0 saturated carbocycles. The number of nitrogens with one attached hydrogen (secondary N) is 1. The lowest BCUT2D eigenvalue weighted by Gasteiger charge is -2.18. The number of carbonyl (C=O) groups is 1. The first-order chi connectivity index (χ1) is 11.6. The fraction of sp³-hybridized carbons (Fsp3) is 0.350. The monoisotopic (exact) mass is 345 g/mol. The smallest absolute Gasteiger partial charge is 0.261 e. The second kappa shape index (κ2) is 9.33. The summed E-state index contributed by atoms with van der Waals surface area (Å²) in [7, 11) is 0. The zero-order chi connectivity index (χ0) is 17.4. The van der Waals surface area contributed by atoms with E-state index in [9.17, 15) is 4.79 Å². The molecule has 0 bridgehead atoms. The van der Waals surface area contributed by atoms with E-state index in [0.717, 1.165) is 29.2 Å². The molecule has 0 spiro atoms. The van der Waals surface area contributed by atoms with E-state index in [2.05, 4.69) is 5.32 Å². The number of rotatable bonds is 8. The van der Waals surface area contributed by atoms with Gasteiger partial charge in [0.15, 0.2) is 6.10 Å². The topological polar surface area (TPSA) is 38.3 Å². The van der Waals surface area contributed by atoms with E-state index >= 15 is 0 Å². The van der Waals surface area contributed by atoms with Crippen molar-refractivity contribution in [2.75, 3.05) is 6.54 Å². The average Bonchev–Trinajstić information content (AvgIpc) is 2.59. The van der Waals surface area contributed by atoms with Gasteiger partial charge in [0.1, 0.15) is 5.75 Å². The second-order valence-corrected chi connectivity index (χ2v) is 6.24. The van der Waals surface area contributed by atoms with E-state index in [1.807, 2.05) is 62.4 Å². The van der Waals surface area contributed by atoms with Crippen molar-refractivity contribution < 1.29 is 9.53 Å². The summed E-state index contributed by atoms with van der Waals surface area (Å²) in [6, 6.07) is 15.6. The molecule has 4 heteroatoms. The van der Waals surface area contributed by atoms with Gasteiger partial charge in [-0.1, -0.05) is 48.9 Å². The first-order valence-electron chi connectivity index (χ1n) is 8.34. The van der Waals surface area contributed by atoms with Gasteiger partial charge < -0.3 is 10.1 Å². The maximum atomic E-state index is 12.3. The first kappa shape index (κ1) is 18.3. The van der Waals surface area contributed by atoms with E-state index in [4.69, 9.17) is 16.3 Å². The molecule has 1 N–H and O–H groups in total. The number of ether oxygens (including phenoxy) is 1. The summed E-state index contributed by atoms with van der Waals surface area (Å²) in [5.41, 5.74) is 2.25. The highest BCUT2D eigenvalue weighted by molar-refractivity contribution is 6.30. The van der Waals surface area contributed by atoms with Gasteiger partial charge in [0, 0.05) is 11.6 Å². The number of benzene rings is 2. The van der Waals surface area contributed by atoms with Crippen molar-refractivity contribution in [3.8, 4) is 5.75 Å². The van der Waals surface area contributed by atoms with Crippen molar-refractivity contribution in [3.63, 3.8) is 0 Å². The Hall–Kier alpha value is -2.00. The third-order valence-electron chi connectivity index (χ3n) is 3.88. The van der Waals surface area contributed by atoms with Gasteiger partial charge in [0.05, 0.1) is 0 Å². The summed E-state index contributed by atoms with van der Waals surface area (Å²) in [5.74, 6) is 0.706. The first-order valence-corrected chi connectivity index (χ1v) is 8.72. The molecule has 0 aliphatic heterocycles. The molecule has 128 valence electrons. The standard InChI is InChI=1S/C20H24ClNO2/c1-3-18(24-19-9-5-4-7-15(19)2)20(23)22-14-6-8-16-10-12-17(21)13-11-16/h4-5,7,9-13,18H,3,6,8,14H2,1-2H3,(H,22,23)/t18-/m1/s1. The number of aryl methyl sites for hydroxylation is 2. The molecule has 0 radical (unpaired) electrons. The Morgan fingerprint density at radius 3 is 2.54 bits per heavy atom. The average molecular weight is 346 g/mol. The summed E-state index contributed by atoms with van der Waals surface area (Å²) in [4.78, 5) is 12.3. The molecule has 1 atom stereocenters. The summed E-state index contributed by atoms with van der Waals surface area (Å²) in [6.07, 6.45) is 1.97. The normalized spacial score (nSPS) is 11.8. The van der Waals surface area contributed by atoms with E-state index in [-0.39, 0.29) is 5.91 Å². The number of carbonyl (C=O) groups excluding carboxylic acids is 1. The van der Waals surface area contributed by atoms with Crippen LogP contribution in [0.25, 0.3) is 0 Å². The summed E-state index contributed by atoms with van der Waals surface area (Å²) in [6.45, 7) is 4.57. The Kier molecular flexibility index (Phi) is 7.13. The zero-order valence-corrected chi connectivity index (χ0v) is 15.0. The summed E-state index contributed by atoms with van der Waals surface area (Å²) < 4.78 is 5.86. The lowest BCUT2D eigenvalue weighted by molar-refractivity contribution is -0.128. The van der Waals surface area contributed by atoms with Crippen LogP contribution < -0.4 is 10.1 Å². The van der Waals surface area contributed by atoms with Gasteiger partial charge in [-0.15, -0.1) is 0 Å². The zero-order valence-electron chi connectivity index (χ0n) is 14.2. The van der Waals surface area contributed by atoms with Crippen LogP contribution in [0.5, 0.6) is 5.75 Å². The van der Waals surface area contributed by atoms with E-state index < -0.39 is 6.10 Å². The van der Waals surface area contributed by atoms with Crippen molar-refractivity contribution >= 4 is 17.5 Å². The SMILES string of the molecule is CC[C@@H](Oc1ccccc1C)C(=O)NCCCc1ccc(Cl)cc1. The Morgan fingerprint density at radius 2 is 1.88 bits per heavy atom. The fourth-order valence-corrected chi connectivity index (χ4v) is 2.56. The lowest BCUT2D eigenvalue weighted by Crippen LogP contribution is -2.38. The maximum absolute atomic E-state index is 12.3. The fourth-order valence-electron chi connectivity index (χ4n) is 2.43. The predicted octanol–water partition coefficient (Wildman–Crippen LogP) is 4.55. The van der Waals surface area contributed by atoms with Crippen LogP contribution in [0.4, 0.5) is 0 Å². The minimum absolute atomic E-state index is 0.0585. The van der Waals surface area contributed by atoms with Crippen LogP contribution in [0.2, 0.25) is 5.02 Å². The third-order valence-corrected chi connectivity index (χ3v) is 4.13. The largest absolute Gasteiger partial charge is 0.480 e. The van der Waals surface area contributed by atoms with Crippen LogP contribution in [-0.4, -0.2) is 18.6 Å². The van der Waals surface area contributed by atoms with Crippen LogP contribution in [0.1, 0.15) is 30.9 Å². The van der Waals surface area contributed by atoms with Crippen LogP contribution in [-0.2, 0) is 11.2 Å². The molecular weight excluding hydrogens is 322 g/mol. The van der Waals surface area contributed by atoms with E-state index in [1.165, 1.54) is 5.56 Å².